The van der Waals surface area contributed by atoms with E-state index < -0.39 is 11.7 Å². The molecule has 2 amide bonds. The molecule has 37 heavy (non-hydrogen) atoms. The lowest BCUT2D eigenvalue weighted by Gasteiger charge is -2.19. The minimum atomic E-state index is -4.43. The van der Waals surface area contributed by atoms with Crippen molar-refractivity contribution in [3.05, 3.63) is 107 Å². The molecule has 4 rings (SSSR count). The predicted octanol–water partition coefficient (Wildman–Crippen LogP) is 6.62. The number of rotatable bonds is 7. The number of ether oxygens (including phenoxy) is 1. The molecule has 1 heterocycles. The minimum Gasteiger partial charge on any atom is -0.494 e. The molecule has 0 radical (unpaired) electrons. The standard InChI is InChI=1S/C29H25F3N2O3/c1-2-37-22-15-11-20(12-16-22)23(19-9-13-21(14-10-19)29(30,31)32)5-3-8-27(35)33-25-6-4-7-26-24(25)17-18-28(36)34-26/h3-16H,2,17-18H2,1H3,(H,33,35)(H,34,36)/b8-3+,23-5+. The van der Waals surface area contributed by atoms with Crippen LogP contribution in [0.5, 0.6) is 5.75 Å². The number of hydrogen-bond acceptors (Lipinski definition) is 3. The highest BCUT2D eigenvalue weighted by molar-refractivity contribution is 6.02. The van der Waals surface area contributed by atoms with Crippen molar-refractivity contribution in [2.24, 2.45) is 0 Å². The summed E-state index contributed by atoms with van der Waals surface area (Å²) in [6.07, 6.45) is 1.01. The number of carbonyl (C=O) groups is 2. The monoisotopic (exact) mass is 506 g/mol. The summed E-state index contributed by atoms with van der Waals surface area (Å²) < 4.78 is 44.6. The van der Waals surface area contributed by atoms with E-state index in [0.717, 1.165) is 23.3 Å². The van der Waals surface area contributed by atoms with Crippen LogP contribution in [0.2, 0.25) is 0 Å². The highest BCUT2D eigenvalue weighted by atomic mass is 19.4. The number of allylic oxidation sites excluding steroid dienone is 2. The number of alkyl halides is 3. The van der Waals surface area contributed by atoms with Crippen molar-refractivity contribution in [3.8, 4) is 5.75 Å². The van der Waals surface area contributed by atoms with Gasteiger partial charge in [0.2, 0.25) is 11.8 Å². The van der Waals surface area contributed by atoms with E-state index in [1.165, 1.54) is 18.2 Å². The van der Waals surface area contributed by atoms with Gasteiger partial charge in [0.15, 0.2) is 0 Å². The molecule has 5 nitrogen and oxygen atoms in total. The summed E-state index contributed by atoms with van der Waals surface area (Å²) in [4.78, 5) is 24.3. The molecule has 3 aromatic rings. The van der Waals surface area contributed by atoms with Gasteiger partial charge >= 0.3 is 6.18 Å². The first-order valence-corrected chi connectivity index (χ1v) is 11.8. The van der Waals surface area contributed by atoms with Crippen molar-refractivity contribution >= 4 is 28.8 Å². The van der Waals surface area contributed by atoms with Gasteiger partial charge in [0.1, 0.15) is 5.75 Å². The molecule has 0 fully saturated rings. The molecule has 0 spiro atoms. The summed E-state index contributed by atoms with van der Waals surface area (Å²) in [5.41, 5.74) is 3.37. The SMILES string of the molecule is CCOc1ccc(/C(=C/C=C/C(=O)Nc2cccc3c2CCC(=O)N3)c2ccc(C(F)(F)F)cc2)cc1. The summed E-state index contributed by atoms with van der Waals surface area (Å²) in [6.45, 7) is 2.38. The Hall–Kier alpha value is -4.33. The minimum absolute atomic E-state index is 0.0638. The quantitative estimate of drug-likeness (QED) is 0.280. The van der Waals surface area contributed by atoms with Crippen molar-refractivity contribution < 1.29 is 27.5 Å². The van der Waals surface area contributed by atoms with Crippen LogP contribution in [0.4, 0.5) is 24.5 Å². The zero-order valence-corrected chi connectivity index (χ0v) is 20.1. The first-order chi connectivity index (χ1) is 17.7. The Morgan fingerprint density at radius 3 is 2.32 bits per heavy atom. The van der Waals surface area contributed by atoms with E-state index in [2.05, 4.69) is 10.6 Å². The second-order valence-corrected chi connectivity index (χ2v) is 8.34. The van der Waals surface area contributed by atoms with Crippen molar-refractivity contribution in [2.75, 3.05) is 17.2 Å². The van der Waals surface area contributed by atoms with Crippen LogP contribution in [-0.4, -0.2) is 18.4 Å². The molecule has 8 heteroatoms. The molecule has 0 bridgehead atoms. The Bertz CT molecular complexity index is 1340. The van der Waals surface area contributed by atoms with Gasteiger partial charge in [-0.2, -0.15) is 13.2 Å². The maximum Gasteiger partial charge on any atom is 0.416 e. The van der Waals surface area contributed by atoms with Crippen LogP contribution in [0.1, 0.15) is 35.6 Å². The van der Waals surface area contributed by atoms with Gasteiger partial charge in [-0.15, -0.1) is 0 Å². The first-order valence-electron chi connectivity index (χ1n) is 11.8. The lowest BCUT2D eigenvalue weighted by Crippen LogP contribution is -2.21. The molecule has 0 unspecified atom stereocenters. The van der Waals surface area contributed by atoms with E-state index in [0.29, 0.717) is 47.7 Å². The average Bonchev–Trinajstić information content (AvgIpc) is 2.87. The fraction of sp³-hybridized carbons (Fsp3) is 0.172. The predicted molar refractivity (Wildman–Crippen MR) is 137 cm³/mol. The number of benzene rings is 3. The van der Waals surface area contributed by atoms with Crippen LogP contribution in [0.15, 0.2) is 85.0 Å². The van der Waals surface area contributed by atoms with Gasteiger partial charge in [-0.1, -0.05) is 42.5 Å². The maximum atomic E-state index is 13.1. The Morgan fingerprint density at radius 2 is 1.68 bits per heavy atom. The molecule has 2 N–H and O–H groups in total. The van der Waals surface area contributed by atoms with Gasteiger partial charge in [-0.25, -0.2) is 0 Å². The average molecular weight is 507 g/mol. The van der Waals surface area contributed by atoms with Gasteiger partial charge in [-0.05, 0) is 72.0 Å². The number of hydrogen-bond donors (Lipinski definition) is 2. The van der Waals surface area contributed by atoms with Crippen molar-refractivity contribution in [1.82, 2.24) is 0 Å². The topological polar surface area (TPSA) is 67.4 Å². The van der Waals surface area contributed by atoms with E-state index >= 15 is 0 Å². The molecule has 0 atom stereocenters. The molecule has 0 aromatic heterocycles. The largest absolute Gasteiger partial charge is 0.494 e. The second-order valence-electron chi connectivity index (χ2n) is 8.34. The molecule has 0 saturated carbocycles. The summed E-state index contributed by atoms with van der Waals surface area (Å²) in [7, 11) is 0. The normalized spacial score (nSPS) is 13.7. The molecular formula is C29H25F3N2O3. The third-order valence-corrected chi connectivity index (χ3v) is 5.82. The third-order valence-electron chi connectivity index (χ3n) is 5.82. The van der Waals surface area contributed by atoms with Crippen molar-refractivity contribution in [2.45, 2.75) is 25.9 Å². The number of halogens is 3. The summed E-state index contributed by atoms with van der Waals surface area (Å²) in [5, 5.41) is 5.63. The Labute approximate surface area is 212 Å². The highest BCUT2D eigenvalue weighted by Crippen LogP contribution is 2.32. The fourth-order valence-corrected chi connectivity index (χ4v) is 4.04. The maximum absolute atomic E-state index is 13.1. The number of carbonyl (C=O) groups excluding carboxylic acids is 2. The number of nitrogens with one attached hydrogen (secondary N) is 2. The molecule has 3 aromatic carbocycles. The van der Waals surface area contributed by atoms with Crippen molar-refractivity contribution in [1.29, 1.82) is 0 Å². The summed E-state index contributed by atoms with van der Waals surface area (Å²) in [6, 6.07) is 17.4. The molecule has 1 aliphatic heterocycles. The van der Waals surface area contributed by atoms with Gasteiger partial charge in [0, 0.05) is 23.9 Å². The number of fused-ring (bicyclic) bond motifs is 1. The summed E-state index contributed by atoms with van der Waals surface area (Å²) in [5.74, 6) is 0.237. The summed E-state index contributed by atoms with van der Waals surface area (Å²) >= 11 is 0. The van der Waals surface area contributed by atoms with E-state index in [1.54, 1.807) is 42.5 Å². The third kappa shape index (κ3) is 6.46. The van der Waals surface area contributed by atoms with Crippen LogP contribution < -0.4 is 15.4 Å². The lowest BCUT2D eigenvalue weighted by atomic mass is 9.96. The molecule has 1 aliphatic rings. The first kappa shape index (κ1) is 25.8. The van der Waals surface area contributed by atoms with Crippen LogP contribution in [0.3, 0.4) is 0 Å². The van der Waals surface area contributed by atoms with E-state index in [1.807, 2.05) is 19.1 Å². The van der Waals surface area contributed by atoms with Crippen LogP contribution >= 0.6 is 0 Å². The Morgan fingerprint density at radius 1 is 1.00 bits per heavy atom. The van der Waals surface area contributed by atoms with Crippen LogP contribution in [-0.2, 0) is 22.2 Å². The highest BCUT2D eigenvalue weighted by Gasteiger charge is 2.30. The molecule has 0 aliphatic carbocycles. The zero-order chi connectivity index (χ0) is 26.4. The van der Waals surface area contributed by atoms with E-state index in [9.17, 15) is 22.8 Å². The van der Waals surface area contributed by atoms with Crippen LogP contribution in [0, 0.1) is 0 Å². The fourth-order valence-electron chi connectivity index (χ4n) is 4.04. The molecular weight excluding hydrogens is 481 g/mol. The number of anilines is 2. The van der Waals surface area contributed by atoms with E-state index in [-0.39, 0.29) is 11.8 Å². The molecule has 190 valence electrons. The van der Waals surface area contributed by atoms with E-state index in [4.69, 9.17) is 4.74 Å². The van der Waals surface area contributed by atoms with Gasteiger partial charge in [0.05, 0.1) is 12.2 Å². The number of amides is 2. The van der Waals surface area contributed by atoms with Crippen molar-refractivity contribution in [3.63, 3.8) is 0 Å². The zero-order valence-electron chi connectivity index (χ0n) is 20.1. The Kier molecular flexibility index (Phi) is 7.77. The lowest BCUT2D eigenvalue weighted by molar-refractivity contribution is -0.137. The smallest absolute Gasteiger partial charge is 0.416 e. The van der Waals surface area contributed by atoms with Gasteiger partial charge < -0.3 is 15.4 Å². The van der Waals surface area contributed by atoms with Gasteiger partial charge in [0.25, 0.3) is 0 Å². The second kappa shape index (κ2) is 11.2. The van der Waals surface area contributed by atoms with Gasteiger partial charge in [-0.3, -0.25) is 9.59 Å². The Balaban J connectivity index is 1.58. The van der Waals surface area contributed by atoms with Crippen LogP contribution in [0.25, 0.3) is 5.57 Å². The molecule has 0 saturated heterocycles.